The fourth-order valence-corrected chi connectivity index (χ4v) is 1.20. The molecule has 0 atom stereocenters. The lowest BCUT2D eigenvalue weighted by molar-refractivity contribution is 0.168. The highest BCUT2D eigenvalue weighted by Gasteiger charge is 2.08. The molecule has 1 aromatic heterocycles. The average Bonchev–Trinajstić information content (AvgIpc) is 2.12. The Hall–Kier alpha value is -1.29. The van der Waals surface area contributed by atoms with Gasteiger partial charge in [-0.25, -0.2) is 9.78 Å². The molecule has 0 aromatic carbocycles. The van der Waals surface area contributed by atoms with E-state index in [1.165, 1.54) is 0 Å². The first-order chi connectivity index (χ1) is 6.65. The fourth-order valence-electron chi connectivity index (χ4n) is 0.944. The van der Waals surface area contributed by atoms with Crippen molar-refractivity contribution < 1.29 is 9.53 Å². The number of ether oxygens (including phenoxy) is 1. The van der Waals surface area contributed by atoms with Gasteiger partial charge < -0.3 is 4.74 Å². The van der Waals surface area contributed by atoms with Crippen molar-refractivity contribution in [2.75, 3.05) is 11.9 Å². The minimum Gasteiger partial charge on any atom is -0.450 e. The summed E-state index contributed by atoms with van der Waals surface area (Å²) in [4.78, 5) is 14.9. The van der Waals surface area contributed by atoms with Gasteiger partial charge >= 0.3 is 6.09 Å². The molecule has 1 aromatic rings. The zero-order valence-corrected chi connectivity index (χ0v) is 8.76. The molecule has 1 heterocycles. The second-order valence-corrected chi connectivity index (χ2v) is 3.00. The van der Waals surface area contributed by atoms with Crippen molar-refractivity contribution in [2.45, 2.75) is 13.8 Å². The number of anilines is 1. The minimum absolute atomic E-state index is 0.262. The van der Waals surface area contributed by atoms with E-state index < -0.39 is 6.09 Å². The molecule has 4 nitrogen and oxygen atoms in total. The van der Waals surface area contributed by atoms with Crippen molar-refractivity contribution in [3.8, 4) is 0 Å². The lowest BCUT2D eigenvalue weighted by Gasteiger charge is -2.08. The average molecular weight is 215 g/mol. The number of aromatic nitrogens is 1. The Morgan fingerprint density at radius 2 is 2.43 bits per heavy atom. The van der Waals surface area contributed by atoms with Crippen molar-refractivity contribution >= 4 is 23.4 Å². The molecule has 14 heavy (non-hydrogen) atoms. The van der Waals surface area contributed by atoms with E-state index >= 15 is 0 Å². The van der Waals surface area contributed by atoms with Gasteiger partial charge in [0, 0.05) is 6.20 Å². The van der Waals surface area contributed by atoms with E-state index in [2.05, 4.69) is 10.3 Å². The predicted molar refractivity (Wildman–Crippen MR) is 54.6 cm³/mol. The summed E-state index contributed by atoms with van der Waals surface area (Å²) >= 11 is 5.79. The lowest BCUT2D eigenvalue weighted by Crippen LogP contribution is -2.14. The molecule has 76 valence electrons. The van der Waals surface area contributed by atoms with E-state index in [1.807, 2.05) is 6.92 Å². The van der Waals surface area contributed by atoms with Gasteiger partial charge in [-0.15, -0.1) is 0 Å². The number of amides is 1. The smallest absolute Gasteiger partial charge is 0.411 e. The Balaban J connectivity index is 2.80. The first-order valence-corrected chi connectivity index (χ1v) is 4.57. The SMILES string of the molecule is CCOC(=O)Nc1c(C)ccnc1Cl. The van der Waals surface area contributed by atoms with Gasteiger partial charge in [0.1, 0.15) is 0 Å². The second kappa shape index (κ2) is 4.81. The zero-order valence-electron chi connectivity index (χ0n) is 8.00. The molecular formula is C9H11ClN2O2. The van der Waals surface area contributed by atoms with Crippen molar-refractivity contribution in [2.24, 2.45) is 0 Å². The normalized spacial score (nSPS) is 9.64. The molecule has 0 fully saturated rings. The number of hydrogen-bond donors (Lipinski definition) is 1. The quantitative estimate of drug-likeness (QED) is 0.770. The Morgan fingerprint density at radius 1 is 1.71 bits per heavy atom. The summed E-state index contributed by atoms with van der Waals surface area (Å²) in [7, 11) is 0. The molecule has 0 aliphatic rings. The molecule has 0 unspecified atom stereocenters. The van der Waals surface area contributed by atoms with Gasteiger partial charge in [-0.3, -0.25) is 5.32 Å². The van der Waals surface area contributed by atoms with Crippen LogP contribution in [0.2, 0.25) is 5.15 Å². The molecule has 0 saturated carbocycles. The van der Waals surface area contributed by atoms with Crippen molar-refractivity contribution in [1.82, 2.24) is 4.98 Å². The Bertz CT molecular complexity index is 321. The zero-order chi connectivity index (χ0) is 10.6. The number of aryl methyl sites for hydroxylation is 1. The number of carbonyl (C=O) groups excluding carboxylic acids is 1. The molecule has 0 spiro atoms. The van der Waals surface area contributed by atoms with E-state index in [9.17, 15) is 4.79 Å². The second-order valence-electron chi connectivity index (χ2n) is 2.64. The summed E-state index contributed by atoms with van der Waals surface area (Å²) in [5, 5.41) is 2.79. The molecule has 1 amide bonds. The van der Waals surface area contributed by atoms with Gasteiger partial charge in [-0.05, 0) is 25.5 Å². The van der Waals surface area contributed by atoms with Gasteiger partial charge in [0.25, 0.3) is 0 Å². The highest BCUT2D eigenvalue weighted by atomic mass is 35.5. The largest absolute Gasteiger partial charge is 0.450 e. The van der Waals surface area contributed by atoms with Crippen LogP contribution in [0.5, 0.6) is 0 Å². The molecule has 5 heteroatoms. The first kappa shape index (κ1) is 10.8. The molecule has 0 aliphatic carbocycles. The number of nitrogens with one attached hydrogen (secondary N) is 1. The van der Waals surface area contributed by atoms with Crippen LogP contribution in [0, 0.1) is 6.92 Å². The minimum atomic E-state index is -0.523. The monoisotopic (exact) mass is 214 g/mol. The fraction of sp³-hybridized carbons (Fsp3) is 0.333. The molecule has 0 saturated heterocycles. The molecular weight excluding hydrogens is 204 g/mol. The van der Waals surface area contributed by atoms with Crippen LogP contribution in [-0.4, -0.2) is 17.7 Å². The van der Waals surface area contributed by atoms with Crippen LogP contribution < -0.4 is 5.32 Å². The Kier molecular flexibility index (Phi) is 3.71. The number of halogens is 1. The summed E-state index contributed by atoms with van der Waals surface area (Å²) in [5.74, 6) is 0. The molecule has 1 N–H and O–H groups in total. The molecule has 0 radical (unpaired) electrons. The first-order valence-electron chi connectivity index (χ1n) is 4.20. The molecule has 1 rings (SSSR count). The third kappa shape index (κ3) is 2.60. The summed E-state index contributed by atoms with van der Waals surface area (Å²) in [5.41, 5.74) is 1.34. The van der Waals surface area contributed by atoms with E-state index in [0.717, 1.165) is 5.56 Å². The van der Waals surface area contributed by atoms with Crippen molar-refractivity contribution in [3.05, 3.63) is 23.0 Å². The number of nitrogens with zero attached hydrogens (tertiary/aromatic N) is 1. The Morgan fingerprint density at radius 3 is 3.00 bits per heavy atom. The van der Waals surface area contributed by atoms with E-state index in [0.29, 0.717) is 12.3 Å². The number of pyridine rings is 1. The topological polar surface area (TPSA) is 51.2 Å². The van der Waals surface area contributed by atoms with Crippen LogP contribution in [0.25, 0.3) is 0 Å². The number of carbonyl (C=O) groups is 1. The maximum Gasteiger partial charge on any atom is 0.411 e. The Labute approximate surface area is 87.2 Å². The third-order valence-corrected chi connectivity index (χ3v) is 1.90. The van der Waals surface area contributed by atoms with Crippen LogP contribution in [0.15, 0.2) is 12.3 Å². The third-order valence-electron chi connectivity index (χ3n) is 1.62. The summed E-state index contributed by atoms with van der Waals surface area (Å²) in [6, 6.07) is 1.76. The van der Waals surface area contributed by atoms with E-state index in [1.54, 1.807) is 19.2 Å². The van der Waals surface area contributed by atoms with Gasteiger partial charge in [0.2, 0.25) is 0 Å². The lowest BCUT2D eigenvalue weighted by atomic mass is 10.2. The number of rotatable bonds is 2. The summed E-state index contributed by atoms with van der Waals surface area (Å²) in [6.45, 7) is 3.88. The van der Waals surface area contributed by atoms with Crippen molar-refractivity contribution in [3.63, 3.8) is 0 Å². The van der Waals surface area contributed by atoms with Gasteiger partial charge in [-0.2, -0.15) is 0 Å². The molecule has 0 bridgehead atoms. The molecule has 0 aliphatic heterocycles. The van der Waals surface area contributed by atoms with Gasteiger partial charge in [-0.1, -0.05) is 11.6 Å². The van der Waals surface area contributed by atoms with Crippen LogP contribution in [-0.2, 0) is 4.74 Å². The van der Waals surface area contributed by atoms with Crippen LogP contribution in [0.3, 0.4) is 0 Å². The van der Waals surface area contributed by atoms with Crippen LogP contribution in [0.1, 0.15) is 12.5 Å². The van der Waals surface area contributed by atoms with Gasteiger partial charge in [0.15, 0.2) is 5.15 Å². The van der Waals surface area contributed by atoms with E-state index in [-0.39, 0.29) is 5.15 Å². The van der Waals surface area contributed by atoms with E-state index in [4.69, 9.17) is 16.3 Å². The number of hydrogen-bond acceptors (Lipinski definition) is 3. The van der Waals surface area contributed by atoms with Crippen molar-refractivity contribution in [1.29, 1.82) is 0 Å². The standard InChI is InChI=1S/C9H11ClN2O2/c1-3-14-9(13)12-7-6(2)4-5-11-8(7)10/h4-5H,3H2,1-2H3,(H,12,13). The predicted octanol–water partition coefficient (Wildman–Crippen LogP) is 2.61. The maximum absolute atomic E-state index is 11.1. The highest BCUT2D eigenvalue weighted by molar-refractivity contribution is 6.32. The van der Waals surface area contributed by atoms with Crippen LogP contribution in [0.4, 0.5) is 10.5 Å². The highest BCUT2D eigenvalue weighted by Crippen LogP contribution is 2.22. The van der Waals surface area contributed by atoms with Crippen LogP contribution >= 0.6 is 11.6 Å². The summed E-state index contributed by atoms with van der Waals surface area (Å²) < 4.78 is 4.72. The van der Waals surface area contributed by atoms with Gasteiger partial charge in [0.05, 0.1) is 12.3 Å². The maximum atomic E-state index is 11.1. The summed E-state index contributed by atoms with van der Waals surface area (Å²) in [6.07, 6.45) is 1.05.